The maximum atomic E-state index is 12.4. The quantitative estimate of drug-likeness (QED) is 0.282. The lowest BCUT2D eigenvalue weighted by Gasteiger charge is -2.20. The van der Waals surface area contributed by atoms with E-state index >= 15 is 0 Å². The fraction of sp³-hybridized carbons (Fsp3) is 0.300. The van der Waals surface area contributed by atoms with Gasteiger partial charge in [0, 0.05) is 12.0 Å². The predicted octanol–water partition coefficient (Wildman–Crippen LogP) is -1.27. The Morgan fingerprint density at radius 3 is 2.73 bits per heavy atom. The van der Waals surface area contributed by atoms with Crippen molar-refractivity contribution in [2.75, 3.05) is 29.0 Å². The molecule has 5 N–H and O–H groups in total. The SMILES string of the molecule is Nc1nc2c(c(=O)[nH]1)[N+]1=CN(c3ccc(C(=O)N[C@@H](CCC(=O)Cl)C(=O)[O-])cc3)CC1CN2. The number of nitrogens with zero attached hydrogens (tertiary/aromatic N) is 3. The van der Waals surface area contributed by atoms with Gasteiger partial charge in [-0.05, 0) is 42.3 Å². The number of aliphatic carboxylic acids is 1. The number of rotatable bonds is 7. The minimum absolute atomic E-state index is 0.0135. The average molecular weight is 474 g/mol. The lowest BCUT2D eigenvalue weighted by atomic mass is 10.1. The van der Waals surface area contributed by atoms with Crippen molar-refractivity contribution < 1.29 is 24.1 Å². The summed E-state index contributed by atoms with van der Waals surface area (Å²) >= 11 is 5.24. The van der Waals surface area contributed by atoms with Crippen molar-refractivity contribution in [3.63, 3.8) is 0 Å². The molecule has 3 heterocycles. The molecule has 0 saturated carbocycles. The molecule has 2 atom stereocenters. The van der Waals surface area contributed by atoms with Gasteiger partial charge in [-0.15, -0.1) is 0 Å². The normalized spacial score (nSPS) is 17.3. The van der Waals surface area contributed by atoms with Crippen molar-refractivity contribution in [2.45, 2.75) is 24.9 Å². The number of fused-ring (bicyclic) bond motifs is 3. The van der Waals surface area contributed by atoms with Crippen LogP contribution in [-0.4, -0.2) is 63.2 Å². The first kappa shape index (κ1) is 22.3. The van der Waals surface area contributed by atoms with Gasteiger partial charge in [-0.2, -0.15) is 4.98 Å². The van der Waals surface area contributed by atoms with Gasteiger partial charge in [0.2, 0.25) is 23.2 Å². The van der Waals surface area contributed by atoms with Crippen LogP contribution in [0.15, 0.2) is 29.1 Å². The topological polar surface area (TPSA) is 176 Å². The molecule has 1 aromatic carbocycles. The standard InChI is InChI=1S/C20H20ClN7O5/c21-14(29)6-5-13(19(32)33)24-17(30)10-1-3-11(4-2-10)27-8-12-7-23-16-15(28(12)9-27)18(31)26-20(22)25-16/h1-4,9,12-13H,5-8H2,(H5-,22,23,24,25,26,30,31,32,33)/t12?,13-/m0/s1. The third-order valence-corrected chi connectivity index (χ3v) is 5.61. The summed E-state index contributed by atoms with van der Waals surface area (Å²) < 4.78 is 1.83. The van der Waals surface area contributed by atoms with E-state index < -0.39 is 23.2 Å². The lowest BCUT2D eigenvalue weighted by Crippen LogP contribution is -2.48. The Labute approximate surface area is 192 Å². The fourth-order valence-corrected chi connectivity index (χ4v) is 3.91. The number of nitrogen functional groups attached to an aromatic ring is 1. The largest absolute Gasteiger partial charge is 0.548 e. The minimum Gasteiger partial charge on any atom is -0.548 e. The Morgan fingerprint density at radius 2 is 2.06 bits per heavy atom. The number of carbonyl (C=O) groups is 3. The molecule has 13 heteroatoms. The molecule has 2 aromatic rings. The smallest absolute Gasteiger partial charge is 0.301 e. The van der Waals surface area contributed by atoms with Crippen molar-refractivity contribution in [1.29, 1.82) is 0 Å². The van der Waals surface area contributed by atoms with Crippen LogP contribution in [-0.2, 0) is 9.59 Å². The summed E-state index contributed by atoms with van der Waals surface area (Å²) in [6.45, 7) is 1.15. The molecule has 0 fully saturated rings. The molecule has 0 spiro atoms. The van der Waals surface area contributed by atoms with Crippen LogP contribution in [0.2, 0.25) is 0 Å². The molecule has 1 amide bonds. The Morgan fingerprint density at radius 1 is 1.33 bits per heavy atom. The van der Waals surface area contributed by atoms with Gasteiger partial charge in [-0.1, -0.05) is 0 Å². The Balaban J connectivity index is 1.49. The predicted molar refractivity (Wildman–Crippen MR) is 118 cm³/mol. The number of benzene rings is 1. The van der Waals surface area contributed by atoms with E-state index in [1.165, 1.54) is 0 Å². The zero-order chi connectivity index (χ0) is 23.7. The maximum absolute atomic E-state index is 12.4. The highest BCUT2D eigenvalue weighted by Crippen LogP contribution is 2.28. The fourth-order valence-electron chi connectivity index (χ4n) is 3.80. The van der Waals surface area contributed by atoms with Crippen molar-refractivity contribution in [3.8, 4) is 0 Å². The number of nitrogens with one attached hydrogen (secondary N) is 3. The van der Waals surface area contributed by atoms with Crippen molar-refractivity contribution in [3.05, 3.63) is 40.2 Å². The van der Waals surface area contributed by atoms with E-state index in [0.717, 1.165) is 5.69 Å². The molecule has 0 bridgehead atoms. The van der Waals surface area contributed by atoms with Gasteiger partial charge in [0.05, 0.1) is 18.6 Å². The zero-order valence-corrected chi connectivity index (χ0v) is 18.0. The molecule has 2 aliphatic rings. The molecule has 0 saturated heterocycles. The number of halogens is 1. The Kier molecular flexibility index (Phi) is 6.01. The molecule has 2 aliphatic heterocycles. The number of carboxylic acids is 1. The Hall–Kier alpha value is -3.93. The van der Waals surface area contributed by atoms with E-state index in [4.69, 9.17) is 17.3 Å². The highest BCUT2D eigenvalue weighted by molar-refractivity contribution is 6.63. The molecule has 12 nitrogen and oxygen atoms in total. The molecule has 172 valence electrons. The molecular formula is C20H20ClN7O5. The highest BCUT2D eigenvalue weighted by atomic mass is 35.5. The molecule has 0 radical (unpaired) electrons. The second-order valence-corrected chi connectivity index (χ2v) is 8.07. The molecule has 1 unspecified atom stereocenters. The summed E-state index contributed by atoms with van der Waals surface area (Å²) in [6, 6.07) is 5.17. The second kappa shape index (κ2) is 8.90. The summed E-state index contributed by atoms with van der Waals surface area (Å²) in [7, 11) is 0. The van der Waals surface area contributed by atoms with Crippen LogP contribution in [0.4, 0.5) is 23.1 Å². The molecule has 0 aliphatic carbocycles. The van der Waals surface area contributed by atoms with E-state index in [1.54, 1.807) is 30.6 Å². The van der Waals surface area contributed by atoms with Crippen LogP contribution < -0.4 is 31.9 Å². The number of carbonyl (C=O) groups excluding carboxylic acids is 3. The second-order valence-electron chi connectivity index (χ2n) is 7.64. The van der Waals surface area contributed by atoms with Gasteiger partial charge in [-0.25, -0.2) is 9.48 Å². The molecule has 4 rings (SSSR count). The maximum Gasteiger partial charge on any atom is 0.301 e. The summed E-state index contributed by atoms with van der Waals surface area (Å²) in [6.07, 6.45) is 1.43. The minimum atomic E-state index is -1.50. The van der Waals surface area contributed by atoms with Gasteiger partial charge >= 0.3 is 5.56 Å². The number of carboxylic acid groups (broad SMARTS) is 1. The summed E-state index contributed by atoms with van der Waals surface area (Å²) in [5.41, 5.74) is 6.65. The van der Waals surface area contributed by atoms with Crippen LogP contribution >= 0.6 is 11.6 Å². The number of nitrogens with two attached hydrogens (primary N) is 1. The number of aromatic nitrogens is 2. The van der Waals surface area contributed by atoms with Gasteiger partial charge in [-0.3, -0.25) is 19.4 Å². The highest BCUT2D eigenvalue weighted by Gasteiger charge is 2.39. The van der Waals surface area contributed by atoms with E-state index in [9.17, 15) is 24.3 Å². The van der Waals surface area contributed by atoms with E-state index in [1.807, 2.05) is 9.48 Å². The first-order valence-electron chi connectivity index (χ1n) is 10.1. The summed E-state index contributed by atoms with van der Waals surface area (Å²) in [5.74, 6) is -1.67. The van der Waals surface area contributed by atoms with Gasteiger partial charge in [0.15, 0.2) is 11.9 Å². The van der Waals surface area contributed by atoms with Gasteiger partial charge in [0.1, 0.15) is 12.2 Å². The van der Waals surface area contributed by atoms with Crippen molar-refractivity contribution >= 4 is 58.2 Å². The monoisotopic (exact) mass is 473 g/mol. The van der Waals surface area contributed by atoms with Crippen LogP contribution in [0.3, 0.4) is 0 Å². The van der Waals surface area contributed by atoms with E-state index in [2.05, 4.69) is 20.6 Å². The number of hydrogen-bond acceptors (Lipinski definition) is 9. The molecule has 1 aromatic heterocycles. The number of amides is 1. The number of aromatic amines is 1. The van der Waals surface area contributed by atoms with Gasteiger partial charge in [0.25, 0.3) is 5.91 Å². The molecule has 33 heavy (non-hydrogen) atoms. The zero-order valence-electron chi connectivity index (χ0n) is 17.2. The van der Waals surface area contributed by atoms with Crippen LogP contribution in [0.1, 0.15) is 23.2 Å². The summed E-state index contributed by atoms with van der Waals surface area (Å²) in [5, 5.41) is 16.0. The van der Waals surface area contributed by atoms with Crippen LogP contribution in [0.25, 0.3) is 0 Å². The average Bonchev–Trinajstić information content (AvgIpc) is 3.20. The van der Waals surface area contributed by atoms with Crippen LogP contribution in [0, 0.1) is 0 Å². The summed E-state index contributed by atoms with van der Waals surface area (Å²) in [4.78, 5) is 55.5. The van der Waals surface area contributed by atoms with Gasteiger partial charge < -0.3 is 26.3 Å². The van der Waals surface area contributed by atoms with E-state index in [0.29, 0.717) is 24.6 Å². The third kappa shape index (κ3) is 4.65. The van der Waals surface area contributed by atoms with E-state index in [-0.39, 0.29) is 36.0 Å². The molecular weight excluding hydrogens is 454 g/mol. The number of hydrogen-bond donors (Lipinski definition) is 4. The first-order valence-corrected chi connectivity index (χ1v) is 10.4. The lowest BCUT2D eigenvalue weighted by molar-refractivity contribution is -0.468. The Bertz CT molecular complexity index is 1210. The number of H-pyrrole nitrogens is 1. The third-order valence-electron chi connectivity index (χ3n) is 5.42. The van der Waals surface area contributed by atoms with Crippen molar-refractivity contribution in [2.24, 2.45) is 0 Å². The first-order chi connectivity index (χ1) is 15.7. The number of anilines is 3. The van der Waals surface area contributed by atoms with Crippen LogP contribution in [0.5, 0.6) is 0 Å². The van der Waals surface area contributed by atoms with Crippen molar-refractivity contribution in [1.82, 2.24) is 15.3 Å².